The first-order chi connectivity index (χ1) is 5.34. The van der Waals surface area contributed by atoms with Gasteiger partial charge >= 0.3 is 0 Å². The molecule has 60 valence electrons. The minimum absolute atomic E-state index is 0.345. The number of rotatable bonds is 3. The molecule has 1 aromatic heterocycles. The fourth-order valence-corrected chi connectivity index (χ4v) is 0.997. The van der Waals surface area contributed by atoms with E-state index in [4.69, 9.17) is 16.6 Å². The topological polar surface area (TPSA) is 53.9 Å². The Morgan fingerprint density at radius 3 is 3.09 bits per heavy atom. The zero-order valence-corrected chi connectivity index (χ0v) is 6.78. The molecule has 11 heavy (non-hydrogen) atoms. The van der Waals surface area contributed by atoms with Crippen molar-refractivity contribution in [2.75, 3.05) is 0 Å². The van der Waals surface area contributed by atoms with Crippen molar-refractivity contribution in [2.45, 2.75) is 25.4 Å². The summed E-state index contributed by atoms with van der Waals surface area (Å²) in [4.78, 5) is 0.345. The molecule has 0 radical (unpaired) electrons. The van der Waals surface area contributed by atoms with Crippen molar-refractivity contribution in [2.24, 2.45) is 0 Å². The van der Waals surface area contributed by atoms with E-state index in [0.29, 0.717) is 23.3 Å². The number of aromatic nitrogens is 2. The van der Waals surface area contributed by atoms with Gasteiger partial charge < -0.3 is 9.73 Å². The molecular weight excluding hydrogens is 162 g/mol. The standard InChI is InChI=1S/C6H9N3OS/c11-6-9-8-5(10-6)3-7-4-1-2-4/h4,7H,1-3H2,(H,9,11). The fraction of sp³-hybridized carbons (Fsp3) is 0.667. The summed E-state index contributed by atoms with van der Waals surface area (Å²) in [5.74, 6) is 0.641. The maximum Gasteiger partial charge on any atom is 0.284 e. The van der Waals surface area contributed by atoms with Crippen LogP contribution in [-0.4, -0.2) is 16.2 Å². The van der Waals surface area contributed by atoms with E-state index < -0.39 is 0 Å². The molecule has 2 rings (SSSR count). The molecule has 0 bridgehead atoms. The van der Waals surface area contributed by atoms with E-state index in [1.807, 2.05) is 0 Å². The Kier molecular flexibility index (Phi) is 1.75. The van der Waals surface area contributed by atoms with E-state index in [0.717, 1.165) is 0 Å². The van der Waals surface area contributed by atoms with E-state index in [1.165, 1.54) is 12.8 Å². The van der Waals surface area contributed by atoms with E-state index in [9.17, 15) is 0 Å². The zero-order valence-electron chi connectivity index (χ0n) is 5.96. The van der Waals surface area contributed by atoms with Crippen molar-refractivity contribution >= 4 is 12.2 Å². The van der Waals surface area contributed by atoms with Gasteiger partial charge in [-0.15, -0.1) is 5.10 Å². The molecule has 0 atom stereocenters. The maximum absolute atomic E-state index is 5.05. The Labute approximate surface area is 69.0 Å². The lowest BCUT2D eigenvalue weighted by Crippen LogP contribution is -2.15. The van der Waals surface area contributed by atoms with Gasteiger partial charge in [0.1, 0.15) is 0 Å². The van der Waals surface area contributed by atoms with E-state index >= 15 is 0 Å². The normalized spacial score (nSPS) is 17.1. The lowest BCUT2D eigenvalue weighted by molar-refractivity contribution is 0.456. The second kappa shape index (κ2) is 2.75. The molecule has 0 unspecified atom stereocenters. The highest BCUT2D eigenvalue weighted by molar-refractivity contribution is 7.71. The smallest absolute Gasteiger partial charge is 0.284 e. The van der Waals surface area contributed by atoms with Crippen molar-refractivity contribution in [3.8, 4) is 0 Å². The van der Waals surface area contributed by atoms with Crippen LogP contribution in [0.15, 0.2) is 4.42 Å². The van der Waals surface area contributed by atoms with Crippen LogP contribution in [0.3, 0.4) is 0 Å². The third-order valence-corrected chi connectivity index (χ3v) is 1.78. The van der Waals surface area contributed by atoms with Crippen LogP contribution in [0.4, 0.5) is 0 Å². The molecule has 0 spiro atoms. The number of aromatic amines is 1. The Hall–Kier alpha value is -0.680. The Morgan fingerprint density at radius 2 is 2.55 bits per heavy atom. The van der Waals surface area contributed by atoms with Crippen LogP contribution in [0, 0.1) is 4.84 Å². The lowest BCUT2D eigenvalue weighted by atomic mass is 10.6. The number of nitrogens with one attached hydrogen (secondary N) is 2. The van der Waals surface area contributed by atoms with E-state index in [-0.39, 0.29) is 0 Å². The van der Waals surface area contributed by atoms with Crippen molar-refractivity contribution < 1.29 is 4.42 Å². The first-order valence-corrected chi connectivity index (χ1v) is 4.03. The van der Waals surface area contributed by atoms with Gasteiger partial charge in [-0.25, -0.2) is 5.10 Å². The van der Waals surface area contributed by atoms with Crippen LogP contribution in [0.5, 0.6) is 0 Å². The van der Waals surface area contributed by atoms with Crippen molar-refractivity contribution in [1.29, 1.82) is 0 Å². The van der Waals surface area contributed by atoms with E-state index in [2.05, 4.69) is 15.5 Å². The fourth-order valence-electron chi connectivity index (χ4n) is 0.855. The van der Waals surface area contributed by atoms with Crippen LogP contribution >= 0.6 is 12.2 Å². The van der Waals surface area contributed by atoms with Gasteiger partial charge in [-0.05, 0) is 25.1 Å². The van der Waals surface area contributed by atoms with Crippen LogP contribution < -0.4 is 5.32 Å². The predicted octanol–water partition coefficient (Wildman–Crippen LogP) is 0.984. The highest BCUT2D eigenvalue weighted by Crippen LogP contribution is 2.18. The predicted molar refractivity (Wildman–Crippen MR) is 41.5 cm³/mol. The molecular formula is C6H9N3OS. The number of hydrogen-bond acceptors (Lipinski definition) is 4. The summed E-state index contributed by atoms with van der Waals surface area (Å²) >= 11 is 4.72. The van der Waals surface area contributed by atoms with Gasteiger partial charge in [0.2, 0.25) is 5.89 Å². The quantitative estimate of drug-likeness (QED) is 0.666. The number of H-pyrrole nitrogens is 1. The van der Waals surface area contributed by atoms with Gasteiger partial charge in [-0.2, -0.15) is 0 Å². The second-order valence-corrected chi connectivity index (χ2v) is 3.03. The Bertz CT molecular complexity index is 288. The molecule has 0 aromatic carbocycles. The minimum Gasteiger partial charge on any atom is -0.413 e. The van der Waals surface area contributed by atoms with Crippen molar-refractivity contribution in [3.05, 3.63) is 10.7 Å². The molecule has 1 aliphatic rings. The SMILES string of the molecule is S=c1[nH]nc(CNC2CC2)o1. The summed E-state index contributed by atoms with van der Waals surface area (Å²) in [6.45, 7) is 0.678. The lowest BCUT2D eigenvalue weighted by Gasteiger charge is -1.94. The molecule has 0 aliphatic heterocycles. The number of nitrogens with zero attached hydrogens (tertiary/aromatic N) is 1. The first-order valence-electron chi connectivity index (χ1n) is 3.62. The molecule has 1 saturated carbocycles. The Morgan fingerprint density at radius 1 is 1.73 bits per heavy atom. The molecule has 1 heterocycles. The summed E-state index contributed by atoms with van der Waals surface area (Å²) in [6.07, 6.45) is 2.54. The minimum atomic E-state index is 0.345. The average Bonchev–Trinajstić information content (AvgIpc) is 2.72. The summed E-state index contributed by atoms with van der Waals surface area (Å²) < 4.78 is 5.05. The molecule has 1 aliphatic carbocycles. The highest BCUT2D eigenvalue weighted by Gasteiger charge is 2.20. The van der Waals surface area contributed by atoms with Gasteiger partial charge in [0.05, 0.1) is 6.54 Å². The van der Waals surface area contributed by atoms with Gasteiger partial charge in [0.15, 0.2) is 0 Å². The zero-order chi connectivity index (χ0) is 7.68. The summed E-state index contributed by atoms with van der Waals surface area (Å²) in [6, 6.07) is 0.676. The Balaban J connectivity index is 1.89. The average molecular weight is 171 g/mol. The van der Waals surface area contributed by atoms with Gasteiger partial charge in [0.25, 0.3) is 4.84 Å². The summed E-state index contributed by atoms with van der Waals surface area (Å²) in [5, 5.41) is 9.69. The third kappa shape index (κ3) is 1.87. The molecule has 0 amide bonds. The highest BCUT2D eigenvalue weighted by atomic mass is 32.1. The van der Waals surface area contributed by atoms with Crippen molar-refractivity contribution in [3.63, 3.8) is 0 Å². The maximum atomic E-state index is 5.05. The van der Waals surface area contributed by atoms with Crippen molar-refractivity contribution in [1.82, 2.24) is 15.5 Å². The van der Waals surface area contributed by atoms with E-state index in [1.54, 1.807) is 0 Å². The molecule has 0 saturated heterocycles. The first kappa shape index (κ1) is 7.00. The molecule has 1 aromatic rings. The molecule has 5 heteroatoms. The second-order valence-electron chi connectivity index (χ2n) is 2.66. The summed E-state index contributed by atoms with van der Waals surface area (Å²) in [7, 11) is 0. The third-order valence-electron chi connectivity index (χ3n) is 1.60. The van der Waals surface area contributed by atoms with Crippen LogP contribution in [0.25, 0.3) is 0 Å². The van der Waals surface area contributed by atoms with Gasteiger partial charge in [-0.3, -0.25) is 0 Å². The molecule has 4 nitrogen and oxygen atoms in total. The van der Waals surface area contributed by atoms with Crippen LogP contribution in [0.1, 0.15) is 18.7 Å². The van der Waals surface area contributed by atoms with Crippen LogP contribution in [0.2, 0.25) is 0 Å². The molecule has 2 N–H and O–H groups in total. The van der Waals surface area contributed by atoms with Crippen LogP contribution in [-0.2, 0) is 6.54 Å². The monoisotopic (exact) mass is 171 g/mol. The molecule has 1 fully saturated rings. The summed E-state index contributed by atoms with van der Waals surface area (Å²) in [5.41, 5.74) is 0. The number of hydrogen-bond donors (Lipinski definition) is 2. The largest absolute Gasteiger partial charge is 0.413 e. The van der Waals surface area contributed by atoms with Gasteiger partial charge in [-0.1, -0.05) is 0 Å². The van der Waals surface area contributed by atoms with Gasteiger partial charge in [0, 0.05) is 6.04 Å².